The van der Waals surface area contributed by atoms with Crippen LogP contribution in [-0.2, 0) is 14.8 Å². The number of nitrogens with one attached hydrogen (secondary N) is 1. The topological polar surface area (TPSA) is 114 Å². The fourth-order valence-corrected chi connectivity index (χ4v) is 3.05. The average Bonchev–Trinajstić information content (AvgIpc) is 2.54. The Hall–Kier alpha value is -2.57. The quantitative estimate of drug-likeness (QED) is 0.459. The van der Waals surface area contributed by atoms with Crippen LogP contribution in [0.2, 0.25) is 0 Å². The molecule has 0 atom stereocenters. The molecule has 1 heterocycles. The molecule has 1 aromatic rings. The van der Waals surface area contributed by atoms with Crippen molar-refractivity contribution in [2.75, 3.05) is 37.8 Å². The summed E-state index contributed by atoms with van der Waals surface area (Å²) in [6.45, 7) is 1.44. The smallest absolute Gasteiger partial charge is 0.267 e. The van der Waals surface area contributed by atoms with Crippen LogP contribution in [0.5, 0.6) is 5.75 Å². The molecule has 0 unspecified atom stereocenters. The second-order valence-electron chi connectivity index (χ2n) is 5.35. The van der Waals surface area contributed by atoms with Gasteiger partial charge in [0.2, 0.25) is 10.0 Å². The van der Waals surface area contributed by atoms with Crippen molar-refractivity contribution in [3.8, 4) is 11.8 Å². The Morgan fingerprint density at radius 2 is 1.83 bits per heavy atom. The number of hydrogen-bond donors (Lipinski definition) is 2. The van der Waals surface area contributed by atoms with Gasteiger partial charge in [-0.1, -0.05) is 0 Å². The fraction of sp³-hybridized carbons (Fsp3) is 0.333. The van der Waals surface area contributed by atoms with Crippen LogP contribution in [0.25, 0.3) is 0 Å². The summed E-state index contributed by atoms with van der Waals surface area (Å²) in [6.07, 6.45) is 2.60. The van der Waals surface area contributed by atoms with Crippen molar-refractivity contribution in [2.45, 2.75) is 0 Å². The van der Waals surface area contributed by atoms with Gasteiger partial charge in [0.25, 0.3) is 5.91 Å². The minimum absolute atomic E-state index is 0.0733. The number of phenolic OH excluding ortho intramolecular Hbond substituents is 1. The van der Waals surface area contributed by atoms with Crippen LogP contribution >= 0.6 is 0 Å². The fourth-order valence-electron chi connectivity index (χ4n) is 2.23. The minimum atomic E-state index is -3.22. The highest BCUT2D eigenvalue weighted by Crippen LogP contribution is 2.15. The summed E-state index contributed by atoms with van der Waals surface area (Å²) in [6, 6.07) is 7.74. The number of carbonyl (C=O) groups excluding carboxylic acids is 1. The summed E-state index contributed by atoms with van der Waals surface area (Å²) >= 11 is 0. The van der Waals surface area contributed by atoms with Crippen LogP contribution in [0.4, 0.5) is 5.69 Å². The molecule has 1 aromatic carbocycles. The molecule has 1 fully saturated rings. The maximum absolute atomic E-state index is 12.1. The molecule has 0 radical (unpaired) electrons. The maximum Gasteiger partial charge on any atom is 0.267 e. The molecule has 0 aliphatic carbocycles. The van der Waals surface area contributed by atoms with Gasteiger partial charge in [0.05, 0.1) is 6.26 Å². The second kappa shape index (κ2) is 7.33. The van der Waals surface area contributed by atoms with Gasteiger partial charge in [-0.25, -0.2) is 8.42 Å². The summed E-state index contributed by atoms with van der Waals surface area (Å²) in [5.74, 6) is -0.485. The van der Waals surface area contributed by atoms with Crippen molar-refractivity contribution in [2.24, 2.45) is 0 Å². The Labute approximate surface area is 140 Å². The normalized spacial score (nSPS) is 16.5. The second-order valence-corrected chi connectivity index (χ2v) is 7.34. The number of phenols is 1. The average molecular weight is 350 g/mol. The Morgan fingerprint density at radius 1 is 1.25 bits per heavy atom. The summed E-state index contributed by atoms with van der Waals surface area (Å²) < 4.78 is 24.3. The van der Waals surface area contributed by atoms with Crippen LogP contribution in [0.3, 0.4) is 0 Å². The molecule has 0 saturated carbocycles. The van der Waals surface area contributed by atoms with Crippen molar-refractivity contribution in [1.82, 2.24) is 9.21 Å². The zero-order valence-electron chi connectivity index (χ0n) is 13.1. The Bertz CT molecular complexity index is 773. The highest BCUT2D eigenvalue weighted by atomic mass is 32.2. The highest BCUT2D eigenvalue weighted by Gasteiger charge is 2.23. The predicted molar refractivity (Wildman–Crippen MR) is 88.4 cm³/mol. The lowest BCUT2D eigenvalue weighted by molar-refractivity contribution is -0.112. The third kappa shape index (κ3) is 4.71. The Kier molecular flexibility index (Phi) is 5.43. The molecule has 1 aliphatic heterocycles. The zero-order chi connectivity index (χ0) is 17.7. The monoisotopic (exact) mass is 350 g/mol. The van der Waals surface area contributed by atoms with E-state index in [1.54, 1.807) is 4.90 Å². The predicted octanol–water partition coefficient (Wildman–Crippen LogP) is 0.315. The molecule has 128 valence electrons. The van der Waals surface area contributed by atoms with Gasteiger partial charge in [-0.3, -0.25) is 4.79 Å². The van der Waals surface area contributed by atoms with Crippen LogP contribution in [0.15, 0.2) is 36.0 Å². The molecule has 2 N–H and O–H groups in total. The van der Waals surface area contributed by atoms with E-state index in [0.717, 1.165) is 6.26 Å². The van der Waals surface area contributed by atoms with E-state index in [1.165, 1.54) is 34.8 Å². The molecule has 2 rings (SSSR count). The van der Waals surface area contributed by atoms with Gasteiger partial charge in [0.1, 0.15) is 17.4 Å². The largest absolute Gasteiger partial charge is 0.508 e. The Balaban J connectivity index is 2.00. The lowest BCUT2D eigenvalue weighted by Gasteiger charge is -2.32. The van der Waals surface area contributed by atoms with E-state index < -0.39 is 15.9 Å². The van der Waals surface area contributed by atoms with E-state index >= 15 is 0 Å². The van der Waals surface area contributed by atoms with Crippen LogP contribution < -0.4 is 5.32 Å². The summed E-state index contributed by atoms with van der Waals surface area (Å²) in [5.41, 5.74) is 0.386. The maximum atomic E-state index is 12.1. The SMILES string of the molecule is CS(=O)(=O)N1CCN(/C=C(/C#N)C(=O)Nc2ccc(O)cc2)CC1. The number of nitrogens with zero attached hydrogens (tertiary/aromatic N) is 3. The number of benzene rings is 1. The highest BCUT2D eigenvalue weighted by molar-refractivity contribution is 7.88. The third-order valence-electron chi connectivity index (χ3n) is 3.54. The molecule has 8 nitrogen and oxygen atoms in total. The summed E-state index contributed by atoms with van der Waals surface area (Å²) in [7, 11) is -3.22. The Morgan fingerprint density at radius 3 is 2.33 bits per heavy atom. The van der Waals surface area contributed by atoms with E-state index in [1.807, 2.05) is 6.07 Å². The number of amides is 1. The molecule has 1 amide bonds. The first-order valence-electron chi connectivity index (χ1n) is 7.21. The zero-order valence-corrected chi connectivity index (χ0v) is 14.0. The van der Waals surface area contributed by atoms with Crippen molar-refractivity contribution >= 4 is 21.6 Å². The van der Waals surface area contributed by atoms with E-state index in [2.05, 4.69) is 5.32 Å². The lowest BCUT2D eigenvalue weighted by atomic mass is 10.2. The molecular weight excluding hydrogens is 332 g/mol. The number of carbonyl (C=O) groups is 1. The number of sulfonamides is 1. The van der Waals surface area contributed by atoms with Crippen molar-refractivity contribution in [3.05, 3.63) is 36.0 Å². The molecule has 24 heavy (non-hydrogen) atoms. The summed E-state index contributed by atoms with van der Waals surface area (Å²) in [4.78, 5) is 13.9. The van der Waals surface area contributed by atoms with Gasteiger partial charge >= 0.3 is 0 Å². The first-order chi connectivity index (χ1) is 11.3. The number of anilines is 1. The molecule has 9 heteroatoms. The number of hydrogen-bond acceptors (Lipinski definition) is 6. The minimum Gasteiger partial charge on any atom is -0.508 e. The van der Waals surface area contributed by atoms with Gasteiger partial charge in [-0.15, -0.1) is 0 Å². The van der Waals surface area contributed by atoms with E-state index in [4.69, 9.17) is 0 Å². The van der Waals surface area contributed by atoms with Gasteiger partial charge in [-0.05, 0) is 24.3 Å². The van der Waals surface area contributed by atoms with Gasteiger partial charge in [0, 0.05) is 38.1 Å². The number of aromatic hydroxyl groups is 1. The van der Waals surface area contributed by atoms with Crippen LogP contribution in [0.1, 0.15) is 0 Å². The first kappa shape index (κ1) is 17.8. The standard InChI is InChI=1S/C15H18N4O4S/c1-24(22,23)19-8-6-18(7-9-19)11-12(10-16)15(21)17-13-2-4-14(20)5-3-13/h2-5,11,20H,6-9H2,1H3,(H,17,21)/b12-11-. The van der Waals surface area contributed by atoms with Crippen LogP contribution in [0, 0.1) is 11.3 Å². The molecule has 0 aromatic heterocycles. The number of piperazine rings is 1. The van der Waals surface area contributed by atoms with Crippen molar-refractivity contribution < 1.29 is 18.3 Å². The number of rotatable bonds is 4. The van der Waals surface area contributed by atoms with E-state index in [0.29, 0.717) is 31.9 Å². The van der Waals surface area contributed by atoms with E-state index in [-0.39, 0.29) is 11.3 Å². The third-order valence-corrected chi connectivity index (χ3v) is 4.85. The lowest BCUT2D eigenvalue weighted by Crippen LogP contribution is -2.46. The van der Waals surface area contributed by atoms with Gasteiger partial charge in [-0.2, -0.15) is 9.57 Å². The molecule has 1 saturated heterocycles. The van der Waals surface area contributed by atoms with E-state index in [9.17, 15) is 23.6 Å². The van der Waals surface area contributed by atoms with Crippen molar-refractivity contribution in [3.63, 3.8) is 0 Å². The number of nitriles is 1. The molecular formula is C15H18N4O4S. The van der Waals surface area contributed by atoms with Crippen LogP contribution in [-0.4, -0.2) is 61.1 Å². The summed E-state index contributed by atoms with van der Waals surface area (Å²) in [5, 5.41) is 21.0. The first-order valence-corrected chi connectivity index (χ1v) is 9.06. The van der Waals surface area contributed by atoms with Crippen molar-refractivity contribution in [1.29, 1.82) is 5.26 Å². The molecule has 0 bridgehead atoms. The van der Waals surface area contributed by atoms with Gasteiger partial charge in [0.15, 0.2) is 0 Å². The molecule has 1 aliphatic rings. The molecule has 0 spiro atoms. The van der Waals surface area contributed by atoms with Gasteiger partial charge < -0.3 is 15.3 Å².